The number of carbonyl (C=O) groups is 3. The van der Waals surface area contributed by atoms with Crippen LogP contribution in [0.3, 0.4) is 0 Å². The molecule has 1 aliphatic rings. The van der Waals surface area contributed by atoms with Crippen LogP contribution >= 0.6 is 12.2 Å². The highest BCUT2D eigenvalue weighted by atomic mass is 32.1. The van der Waals surface area contributed by atoms with Crippen molar-refractivity contribution in [3.63, 3.8) is 0 Å². The molecule has 0 unspecified atom stereocenters. The number of carbonyl (C=O) groups excluding carboxylic acids is 3. The molecule has 1 N–H and O–H groups in total. The summed E-state index contributed by atoms with van der Waals surface area (Å²) in [6, 6.07) is 21.3. The number of ether oxygens (including phenoxy) is 1. The maximum absolute atomic E-state index is 13.5. The second-order valence-corrected chi connectivity index (χ2v) is 9.19. The van der Waals surface area contributed by atoms with Crippen molar-refractivity contribution in [2.24, 2.45) is 0 Å². The summed E-state index contributed by atoms with van der Waals surface area (Å²) >= 11 is 5.69. The molecule has 3 aromatic carbocycles. The Morgan fingerprint density at radius 2 is 1.66 bits per heavy atom. The first-order valence-electron chi connectivity index (χ1n) is 12.3. The average molecular weight is 534 g/mol. The number of nitrogens with zero attached hydrogens (tertiary/aromatic N) is 2. The van der Waals surface area contributed by atoms with Gasteiger partial charge in [0, 0.05) is 12.2 Å². The molecule has 3 aromatic rings. The Morgan fingerprint density at radius 3 is 2.32 bits per heavy atom. The first-order valence-corrected chi connectivity index (χ1v) is 12.7. The third-order valence-corrected chi connectivity index (χ3v) is 6.66. The number of amides is 2. The third kappa shape index (κ3) is 6.60. The number of rotatable bonds is 10. The summed E-state index contributed by atoms with van der Waals surface area (Å²) in [4.78, 5) is 41.6. The number of esters is 1. The molecule has 0 radical (unpaired) electrons. The number of anilines is 1. The largest absolute Gasteiger partial charge is 0.462 e. The van der Waals surface area contributed by atoms with Crippen molar-refractivity contribution in [2.75, 3.05) is 18.5 Å². The van der Waals surface area contributed by atoms with Crippen LogP contribution < -0.4 is 5.32 Å². The van der Waals surface area contributed by atoms with Crippen LogP contribution in [0.5, 0.6) is 0 Å². The fraction of sp³-hybridized carbons (Fsp3) is 0.241. The molecule has 2 amide bonds. The molecule has 7 nitrogen and oxygen atoms in total. The van der Waals surface area contributed by atoms with Gasteiger partial charge in [0.05, 0.1) is 25.1 Å². The van der Waals surface area contributed by atoms with Crippen LogP contribution in [0.2, 0.25) is 0 Å². The first-order chi connectivity index (χ1) is 18.4. The molecule has 1 saturated heterocycles. The number of hydrogen-bond donors (Lipinski definition) is 1. The van der Waals surface area contributed by atoms with Gasteiger partial charge in [-0.25, -0.2) is 9.18 Å². The molecule has 38 heavy (non-hydrogen) atoms. The van der Waals surface area contributed by atoms with Gasteiger partial charge in [0.15, 0.2) is 5.11 Å². The van der Waals surface area contributed by atoms with Crippen molar-refractivity contribution >= 4 is 40.8 Å². The van der Waals surface area contributed by atoms with E-state index in [1.54, 1.807) is 48.2 Å². The summed E-state index contributed by atoms with van der Waals surface area (Å²) in [6.45, 7) is 2.70. The fourth-order valence-corrected chi connectivity index (χ4v) is 4.62. The average Bonchev–Trinajstić information content (AvgIpc) is 3.13. The molecule has 9 heteroatoms. The highest BCUT2D eigenvalue weighted by Crippen LogP contribution is 2.24. The molecule has 1 aliphatic heterocycles. The Balaban J connectivity index is 1.47. The molecule has 0 spiro atoms. The molecular formula is C29H28FN3O4S. The van der Waals surface area contributed by atoms with Gasteiger partial charge in [-0.15, -0.1) is 0 Å². The Labute approximate surface area is 226 Å². The van der Waals surface area contributed by atoms with E-state index in [1.807, 2.05) is 30.3 Å². The van der Waals surface area contributed by atoms with E-state index in [-0.39, 0.29) is 30.7 Å². The minimum atomic E-state index is -0.773. The molecule has 0 bridgehead atoms. The Morgan fingerprint density at radius 1 is 0.974 bits per heavy atom. The molecular weight excluding hydrogens is 505 g/mol. The van der Waals surface area contributed by atoms with Crippen molar-refractivity contribution < 1.29 is 23.5 Å². The predicted octanol–water partition coefficient (Wildman–Crippen LogP) is 4.57. The molecule has 196 valence electrons. The van der Waals surface area contributed by atoms with E-state index in [9.17, 15) is 18.8 Å². The van der Waals surface area contributed by atoms with Gasteiger partial charge in [0.25, 0.3) is 5.91 Å². The van der Waals surface area contributed by atoms with Gasteiger partial charge in [-0.05, 0) is 73.1 Å². The van der Waals surface area contributed by atoms with E-state index in [2.05, 4.69) is 5.32 Å². The van der Waals surface area contributed by atoms with Crippen molar-refractivity contribution in [2.45, 2.75) is 32.4 Å². The Bertz CT molecular complexity index is 1300. The van der Waals surface area contributed by atoms with E-state index in [0.29, 0.717) is 35.9 Å². The molecule has 1 fully saturated rings. The third-order valence-electron chi connectivity index (χ3n) is 6.20. The van der Waals surface area contributed by atoms with Crippen LogP contribution in [-0.4, -0.2) is 51.9 Å². The Hall–Kier alpha value is -4.11. The minimum Gasteiger partial charge on any atom is -0.462 e. The number of thiocarbonyl (C=S) groups is 1. The molecule has 1 heterocycles. The van der Waals surface area contributed by atoms with Crippen LogP contribution in [0, 0.1) is 5.82 Å². The topological polar surface area (TPSA) is 78.9 Å². The maximum atomic E-state index is 13.5. The van der Waals surface area contributed by atoms with Gasteiger partial charge in [-0.3, -0.25) is 14.5 Å². The summed E-state index contributed by atoms with van der Waals surface area (Å²) in [7, 11) is 0. The monoisotopic (exact) mass is 533 g/mol. The number of hydrogen-bond acceptors (Lipinski definition) is 5. The number of nitrogens with one attached hydrogen (secondary N) is 1. The molecule has 0 aromatic heterocycles. The highest BCUT2D eigenvalue weighted by Gasteiger charge is 2.43. The first kappa shape index (κ1) is 26.9. The second-order valence-electron chi connectivity index (χ2n) is 8.83. The van der Waals surface area contributed by atoms with Crippen LogP contribution in [0.4, 0.5) is 10.1 Å². The summed E-state index contributed by atoms with van der Waals surface area (Å²) in [5, 5.41) is 3.15. The molecule has 4 rings (SSSR count). The summed E-state index contributed by atoms with van der Waals surface area (Å²) in [6.07, 6.45) is 0.424. The van der Waals surface area contributed by atoms with E-state index in [0.717, 1.165) is 11.1 Å². The van der Waals surface area contributed by atoms with Gasteiger partial charge in [0.2, 0.25) is 5.91 Å². The Kier molecular flexibility index (Phi) is 8.81. The standard InChI is InChI=1S/C29H28FN3O4S/c1-2-37-28(36)22-10-14-24(15-11-22)31-26(34)18-25-27(35)33(19-21-6-4-3-5-7-21)29(38)32(25)17-16-20-8-12-23(30)13-9-20/h3-15,25H,2,16-19H2,1H3,(H,31,34)/t25-/m0/s1. The van der Waals surface area contributed by atoms with Crippen molar-refractivity contribution in [3.8, 4) is 0 Å². The number of benzene rings is 3. The van der Waals surface area contributed by atoms with E-state index < -0.39 is 12.0 Å². The zero-order valence-corrected chi connectivity index (χ0v) is 21.7. The molecule has 1 atom stereocenters. The predicted molar refractivity (Wildman–Crippen MR) is 146 cm³/mol. The number of halogens is 1. The quantitative estimate of drug-likeness (QED) is 0.304. The van der Waals surface area contributed by atoms with Crippen molar-refractivity contribution in [3.05, 3.63) is 101 Å². The summed E-state index contributed by atoms with van der Waals surface area (Å²) in [5.41, 5.74) is 2.70. The maximum Gasteiger partial charge on any atom is 0.338 e. The van der Waals surface area contributed by atoms with Gasteiger partial charge in [0.1, 0.15) is 11.9 Å². The zero-order chi connectivity index (χ0) is 27.1. The van der Waals surface area contributed by atoms with Crippen LogP contribution in [0.1, 0.15) is 34.8 Å². The molecule has 0 aliphatic carbocycles. The van der Waals surface area contributed by atoms with Crippen LogP contribution in [0.25, 0.3) is 0 Å². The van der Waals surface area contributed by atoms with Crippen molar-refractivity contribution in [1.29, 1.82) is 0 Å². The van der Waals surface area contributed by atoms with E-state index in [1.165, 1.54) is 17.0 Å². The smallest absolute Gasteiger partial charge is 0.338 e. The van der Waals surface area contributed by atoms with Gasteiger partial charge < -0.3 is 15.0 Å². The van der Waals surface area contributed by atoms with Gasteiger partial charge >= 0.3 is 5.97 Å². The molecule has 0 saturated carbocycles. The second kappa shape index (κ2) is 12.4. The van der Waals surface area contributed by atoms with E-state index >= 15 is 0 Å². The van der Waals surface area contributed by atoms with Gasteiger partial charge in [-0.2, -0.15) is 0 Å². The van der Waals surface area contributed by atoms with Crippen LogP contribution in [0.15, 0.2) is 78.9 Å². The lowest BCUT2D eigenvalue weighted by Gasteiger charge is -2.24. The van der Waals surface area contributed by atoms with Crippen LogP contribution in [-0.2, 0) is 27.3 Å². The lowest BCUT2D eigenvalue weighted by atomic mass is 10.1. The van der Waals surface area contributed by atoms with Gasteiger partial charge in [-0.1, -0.05) is 42.5 Å². The fourth-order valence-electron chi connectivity index (χ4n) is 4.25. The highest BCUT2D eigenvalue weighted by molar-refractivity contribution is 7.80. The van der Waals surface area contributed by atoms with Crippen molar-refractivity contribution in [1.82, 2.24) is 9.80 Å². The lowest BCUT2D eigenvalue weighted by molar-refractivity contribution is -0.131. The SMILES string of the molecule is CCOC(=O)c1ccc(NC(=O)C[C@H]2C(=O)N(Cc3ccccc3)C(=S)N2CCc2ccc(F)cc2)cc1. The zero-order valence-electron chi connectivity index (χ0n) is 20.9. The van der Waals surface area contributed by atoms with E-state index in [4.69, 9.17) is 17.0 Å². The lowest BCUT2D eigenvalue weighted by Crippen LogP contribution is -2.39. The summed E-state index contributed by atoms with van der Waals surface area (Å²) in [5.74, 6) is -1.36. The normalized spacial score (nSPS) is 15.1. The summed E-state index contributed by atoms with van der Waals surface area (Å²) < 4.78 is 18.3. The minimum absolute atomic E-state index is 0.104.